The van der Waals surface area contributed by atoms with Crippen molar-refractivity contribution in [1.82, 2.24) is 10.2 Å². The van der Waals surface area contributed by atoms with E-state index in [0.717, 1.165) is 11.3 Å². The number of amides is 1. The lowest BCUT2D eigenvalue weighted by Crippen LogP contribution is -2.52. The van der Waals surface area contributed by atoms with Crippen molar-refractivity contribution in [3.05, 3.63) is 99.0 Å². The van der Waals surface area contributed by atoms with Crippen molar-refractivity contribution in [2.45, 2.75) is 18.6 Å². The fourth-order valence-corrected chi connectivity index (χ4v) is 5.24. The van der Waals surface area contributed by atoms with E-state index >= 15 is 0 Å². The number of piperazine rings is 1. The molecule has 0 unspecified atom stereocenters. The average Bonchev–Trinajstić information content (AvgIpc) is 2.92. The third-order valence-corrected chi connectivity index (χ3v) is 7.36. The number of rotatable bonds is 8. The van der Waals surface area contributed by atoms with Crippen LogP contribution in [0.25, 0.3) is 0 Å². The fraction of sp³-hybridized carbons (Fsp3) is 0.310. The number of hydrogen-bond acceptors (Lipinski definition) is 6. The zero-order valence-corrected chi connectivity index (χ0v) is 22.6. The number of β-amino-alcohol motifs (C(OH)–C–C–N with tert-alkyl or cyclic N) is 1. The summed E-state index contributed by atoms with van der Waals surface area (Å²) in [4.78, 5) is 16.6. The number of benzene rings is 3. The van der Waals surface area contributed by atoms with E-state index in [9.17, 15) is 15.2 Å². The number of nitrogens with zero attached hydrogens (tertiary/aromatic N) is 3. The number of aliphatic hydroxyl groups excluding tert-OH is 1. The van der Waals surface area contributed by atoms with Gasteiger partial charge in [-0.3, -0.25) is 9.69 Å². The lowest BCUT2D eigenvalue weighted by Gasteiger charge is -2.45. The van der Waals surface area contributed by atoms with E-state index in [1.807, 2.05) is 30.3 Å². The molecule has 0 radical (unpaired) electrons. The second kappa shape index (κ2) is 12.2. The Balaban J connectivity index is 1.54. The van der Waals surface area contributed by atoms with Crippen molar-refractivity contribution >= 4 is 34.8 Å². The van der Waals surface area contributed by atoms with Crippen molar-refractivity contribution < 1.29 is 15.0 Å². The molecular formula is C29H30Cl2N4O3. The molecule has 9 heteroatoms. The third-order valence-electron chi connectivity index (χ3n) is 6.80. The number of hydrogen-bond donors (Lipinski definition) is 3. The largest absolute Gasteiger partial charge is 0.395 e. The van der Waals surface area contributed by atoms with Crippen LogP contribution in [0.4, 0.5) is 5.69 Å². The van der Waals surface area contributed by atoms with Crippen molar-refractivity contribution in [3.63, 3.8) is 0 Å². The van der Waals surface area contributed by atoms with Crippen LogP contribution >= 0.6 is 23.2 Å². The van der Waals surface area contributed by atoms with Crippen LogP contribution < -0.4 is 10.2 Å². The van der Waals surface area contributed by atoms with Gasteiger partial charge >= 0.3 is 0 Å². The van der Waals surface area contributed by atoms with Crippen LogP contribution in [0.2, 0.25) is 10.0 Å². The van der Waals surface area contributed by atoms with Gasteiger partial charge in [-0.2, -0.15) is 5.26 Å². The number of nitriles is 1. The van der Waals surface area contributed by atoms with Gasteiger partial charge in [0.2, 0.25) is 0 Å². The van der Waals surface area contributed by atoms with E-state index in [1.54, 1.807) is 43.3 Å². The first-order chi connectivity index (χ1) is 18.2. The maximum absolute atomic E-state index is 12.1. The molecule has 1 saturated heterocycles. The third kappa shape index (κ3) is 6.47. The summed E-state index contributed by atoms with van der Waals surface area (Å²) < 4.78 is 0. The Morgan fingerprint density at radius 3 is 2.45 bits per heavy atom. The first-order valence-corrected chi connectivity index (χ1v) is 13.1. The Hall–Kier alpha value is -3.12. The summed E-state index contributed by atoms with van der Waals surface area (Å²) in [6.07, 6.45) is 0. The second-order valence-electron chi connectivity index (χ2n) is 9.60. The molecule has 38 heavy (non-hydrogen) atoms. The molecule has 3 N–H and O–H groups in total. The van der Waals surface area contributed by atoms with E-state index in [2.05, 4.69) is 21.2 Å². The monoisotopic (exact) mass is 552 g/mol. The summed E-state index contributed by atoms with van der Waals surface area (Å²) >= 11 is 12.8. The molecule has 3 aromatic carbocycles. The summed E-state index contributed by atoms with van der Waals surface area (Å²) in [5.41, 5.74) is 2.45. The number of halogens is 2. The van der Waals surface area contributed by atoms with Gasteiger partial charge in [-0.05, 0) is 60.5 Å². The van der Waals surface area contributed by atoms with Crippen LogP contribution in [0.3, 0.4) is 0 Å². The maximum Gasteiger partial charge on any atom is 0.251 e. The Bertz CT molecular complexity index is 1310. The zero-order valence-electron chi connectivity index (χ0n) is 21.1. The molecule has 3 aromatic rings. The van der Waals surface area contributed by atoms with Crippen LogP contribution in [0, 0.1) is 11.3 Å². The predicted molar refractivity (Wildman–Crippen MR) is 150 cm³/mol. The molecule has 0 aromatic heterocycles. The van der Waals surface area contributed by atoms with Crippen molar-refractivity contribution in [2.24, 2.45) is 0 Å². The second-order valence-corrected chi connectivity index (χ2v) is 10.4. The van der Waals surface area contributed by atoms with Gasteiger partial charge in [0.15, 0.2) is 0 Å². The highest BCUT2D eigenvalue weighted by Crippen LogP contribution is 2.37. The number of aliphatic hydroxyl groups is 2. The van der Waals surface area contributed by atoms with E-state index in [4.69, 9.17) is 28.3 Å². The van der Waals surface area contributed by atoms with Crippen LogP contribution in [0.5, 0.6) is 0 Å². The predicted octanol–water partition coefficient (Wildman–Crippen LogP) is 4.36. The average molecular weight is 553 g/mol. The van der Waals surface area contributed by atoms with Gasteiger partial charge < -0.3 is 20.4 Å². The highest BCUT2D eigenvalue weighted by atomic mass is 35.5. The molecule has 1 heterocycles. The smallest absolute Gasteiger partial charge is 0.251 e. The Kier molecular flexibility index (Phi) is 8.93. The molecule has 2 atom stereocenters. The van der Waals surface area contributed by atoms with Crippen LogP contribution in [-0.2, 0) is 5.60 Å². The molecule has 1 aliphatic heterocycles. The molecular weight excluding hydrogens is 523 g/mol. The quantitative estimate of drug-likeness (QED) is 0.384. The van der Waals surface area contributed by atoms with Crippen molar-refractivity contribution in [2.75, 3.05) is 44.2 Å². The minimum Gasteiger partial charge on any atom is -0.395 e. The number of carbonyl (C=O) groups excluding carboxylic acids is 1. The zero-order chi connectivity index (χ0) is 27.3. The molecule has 0 aliphatic carbocycles. The SMILES string of the molecule is C[C@](O)(CN1CCN(c2ccc(C#N)cc2Cl)[C@H](c2ccc(Cl)cc2)C1)c1ccc(C(=O)NCCO)cc1. The van der Waals surface area contributed by atoms with Gasteiger partial charge in [-0.1, -0.05) is 47.5 Å². The summed E-state index contributed by atoms with van der Waals surface area (Å²) in [6, 6.07) is 22.0. The van der Waals surface area contributed by atoms with Crippen LogP contribution in [-0.4, -0.2) is 60.4 Å². The number of carbonyl (C=O) groups is 1. The summed E-state index contributed by atoms with van der Waals surface area (Å²) in [5.74, 6) is -0.270. The Morgan fingerprint density at radius 1 is 1.11 bits per heavy atom. The maximum atomic E-state index is 12.1. The van der Waals surface area contributed by atoms with E-state index in [1.165, 1.54) is 0 Å². The molecule has 4 rings (SSSR count). The van der Waals surface area contributed by atoms with Crippen molar-refractivity contribution in [1.29, 1.82) is 5.26 Å². The first-order valence-electron chi connectivity index (χ1n) is 12.4. The number of anilines is 1. The molecule has 1 aliphatic rings. The molecule has 0 spiro atoms. The Morgan fingerprint density at radius 2 is 1.82 bits per heavy atom. The normalized spacial score (nSPS) is 17.5. The molecule has 0 bridgehead atoms. The van der Waals surface area contributed by atoms with Gasteiger partial charge in [-0.15, -0.1) is 0 Å². The van der Waals surface area contributed by atoms with Gasteiger partial charge in [0.1, 0.15) is 0 Å². The minimum absolute atomic E-state index is 0.0557. The van der Waals surface area contributed by atoms with Gasteiger partial charge in [0.05, 0.1) is 40.6 Å². The summed E-state index contributed by atoms with van der Waals surface area (Å²) in [7, 11) is 0. The summed E-state index contributed by atoms with van der Waals surface area (Å²) in [5, 5.41) is 33.4. The summed E-state index contributed by atoms with van der Waals surface area (Å²) in [6.45, 7) is 4.22. The molecule has 198 valence electrons. The van der Waals surface area contributed by atoms with Gasteiger partial charge in [0, 0.05) is 43.3 Å². The minimum atomic E-state index is -1.15. The van der Waals surface area contributed by atoms with Crippen LogP contribution in [0.15, 0.2) is 66.7 Å². The standard InChI is InChI=1S/C29H30Cl2N4O3/c1-29(38,23-7-3-22(4-8-23)28(37)33-12-15-36)19-34-13-14-35(26-11-2-20(17-32)16-25(26)31)27(18-34)21-5-9-24(30)10-6-21/h2-11,16,27,36,38H,12-15,18-19H2,1H3,(H,33,37)/t27-,29-/m0/s1. The molecule has 1 fully saturated rings. The highest BCUT2D eigenvalue weighted by molar-refractivity contribution is 6.33. The van der Waals surface area contributed by atoms with E-state index < -0.39 is 5.60 Å². The van der Waals surface area contributed by atoms with Crippen molar-refractivity contribution in [3.8, 4) is 6.07 Å². The van der Waals surface area contributed by atoms with E-state index in [-0.39, 0.29) is 25.1 Å². The highest BCUT2D eigenvalue weighted by Gasteiger charge is 2.34. The first kappa shape index (κ1) is 27.9. The van der Waals surface area contributed by atoms with Gasteiger partial charge in [0.25, 0.3) is 5.91 Å². The fourth-order valence-electron chi connectivity index (χ4n) is 4.83. The van der Waals surface area contributed by atoms with Gasteiger partial charge in [-0.25, -0.2) is 0 Å². The Labute approximate surface area is 232 Å². The molecule has 7 nitrogen and oxygen atoms in total. The molecule has 1 amide bonds. The molecule has 0 saturated carbocycles. The van der Waals surface area contributed by atoms with Crippen LogP contribution in [0.1, 0.15) is 40.0 Å². The lowest BCUT2D eigenvalue weighted by atomic mass is 9.93. The number of nitrogens with one attached hydrogen (secondary N) is 1. The van der Waals surface area contributed by atoms with E-state index in [0.29, 0.717) is 52.9 Å². The topological polar surface area (TPSA) is 99.8 Å². The lowest BCUT2D eigenvalue weighted by molar-refractivity contribution is 0.0103.